The van der Waals surface area contributed by atoms with Gasteiger partial charge in [-0.2, -0.15) is 0 Å². The van der Waals surface area contributed by atoms with E-state index in [4.69, 9.17) is 4.74 Å². The van der Waals surface area contributed by atoms with Crippen molar-refractivity contribution < 1.29 is 4.74 Å². The summed E-state index contributed by atoms with van der Waals surface area (Å²) in [5, 5.41) is 0. The molecule has 2 rings (SSSR count). The predicted molar refractivity (Wildman–Crippen MR) is 46.6 cm³/mol. The topological polar surface area (TPSA) is 25.4 Å². The van der Waals surface area contributed by atoms with Crippen LogP contribution in [-0.2, 0) is 0 Å². The number of ether oxygens (including phenoxy) is 1. The van der Waals surface area contributed by atoms with Crippen LogP contribution in [0.15, 0.2) is 6.20 Å². The van der Waals surface area contributed by atoms with Gasteiger partial charge in [0.25, 0.3) is 0 Å². The fourth-order valence-electron chi connectivity index (χ4n) is 1.42. The second kappa shape index (κ2) is 2.66. The summed E-state index contributed by atoms with van der Waals surface area (Å²) in [6.45, 7) is 3.67. The first-order valence-corrected chi connectivity index (χ1v) is 4.00. The summed E-state index contributed by atoms with van der Waals surface area (Å²) in [6.07, 6.45) is 1.66. The van der Waals surface area contributed by atoms with Crippen LogP contribution in [0.1, 0.15) is 5.56 Å². The van der Waals surface area contributed by atoms with E-state index in [-0.39, 0.29) is 0 Å². The Hall–Kier alpha value is -1.25. The Labute approximate surface area is 72.0 Å². The monoisotopic (exact) mass is 163 g/mol. The summed E-state index contributed by atoms with van der Waals surface area (Å²) < 4.78 is 5.40. The zero-order valence-electron chi connectivity index (χ0n) is 7.29. The summed E-state index contributed by atoms with van der Waals surface area (Å²) in [6, 6.07) is 3.06. The fraction of sp³-hybridized carbons (Fsp3) is 0.444. The quantitative estimate of drug-likeness (QED) is 0.571. The van der Waals surface area contributed by atoms with Crippen LogP contribution < -0.4 is 9.64 Å². The van der Waals surface area contributed by atoms with Gasteiger partial charge in [-0.05, 0) is 12.5 Å². The Morgan fingerprint density at radius 1 is 1.67 bits per heavy atom. The van der Waals surface area contributed by atoms with E-state index < -0.39 is 0 Å². The number of likely N-dealkylation sites (N-methyl/N-ethyl adjacent to an activating group) is 1. The first-order valence-electron chi connectivity index (χ1n) is 4.00. The molecule has 0 aliphatic carbocycles. The molecule has 1 aliphatic rings. The number of pyridine rings is 1. The zero-order valence-corrected chi connectivity index (χ0v) is 7.29. The number of hydrogen-bond acceptors (Lipinski definition) is 3. The van der Waals surface area contributed by atoms with Gasteiger partial charge in [-0.15, -0.1) is 0 Å². The lowest BCUT2D eigenvalue weighted by Gasteiger charge is -2.27. The molecule has 1 aliphatic heterocycles. The van der Waals surface area contributed by atoms with Crippen LogP contribution in [0.25, 0.3) is 0 Å². The fourth-order valence-corrected chi connectivity index (χ4v) is 1.42. The lowest BCUT2D eigenvalue weighted by atomic mass is 10.2. The molecule has 0 bridgehead atoms. The maximum Gasteiger partial charge on any atom is 0.237 e. The van der Waals surface area contributed by atoms with Crippen LogP contribution in [0.5, 0.6) is 5.88 Å². The summed E-state index contributed by atoms with van der Waals surface area (Å²) in [4.78, 5) is 6.26. The third-order valence-corrected chi connectivity index (χ3v) is 2.07. The molecule has 1 aromatic heterocycles. The largest absolute Gasteiger partial charge is 0.474 e. The lowest BCUT2D eigenvalue weighted by Crippen LogP contribution is -2.29. The van der Waals surface area contributed by atoms with Gasteiger partial charge in [-0.1, -0.05) is 0 Å². The van der Waals surface area contributed by atoms with Crippen LogP contribution in [0, 0.1) is 13.0 Å². The van der Waals surface area contributed by atoms with Gasteiger partial charge in [-0.3, -0.25) is 0 Å². The molecule has 0 aromatic carbocycles. The molecule has 1 radical (unpaired) electrons. The number of aryl methyl sites for hydroxylation is 1. The molecule has 3 heteroatoms. The number of anilines is 1. The molecule has 63 valence electrons. The highest BCUT2D eigenvalue weighted by Gasteiger charge is 2.17. The van der Waals surface area contributed by atoms with Crippen molar-refractivity contribution in [1.82, 2.24) is 4.98 Å². The Morgan fingerprint density at radius 3 is 3.25 bits per heavy atom. The minimum atomic E-state index is 0.722. The highest BCUT2D eigenvalue weighted by atomic mass is 16.5. The van der Waals surface area contributed by atoms with Crippen molar-refractivity contribution in [2.75, 3.05) is 25.1 Å². The minimum Gasteiger partial charge on any atom is -0.474 e. The van der Waals surface area contributed by atoms with E-state index in [1.807, 2.05) is 14.0 Å². The van der Waals surface area contributed by atoms with Crippen LogP contribution in [0.2, 0.25) is 0 Å². The molecule has 0 amide bonds. The van der Waals surface area contributed by atoms with E-state index in [0.717, 1.165) is 30.3 Å². The first kappa shape index (κ1) is 7.40. The molecular weight excluding hydrogens is 152 g/mol. The van der Waals surface area contributed by atoms with E-state index in [1.165, 1.54) is 0 Å². The predicted octanol–water partition coefficient (Wildman–Crippen LogP) is 1.02. The highest BCUT2D eigenvalue weighted by Crippen LogP contribution is 2.30. The van der Waals surface area contributed by atoms with E-state index in [9.17, 15) is 0 Å². The molecule has 0 spiro atoms. The Kier molecular flexibility index (Phi) is 1.64. The summed E-state index contributed by atoms with van der Waals surface area (Å²) in [5.74, 6) is 0.736. The first-order chi connectivity index (χ1) is 5.79. The number of fused-ring (bicyclic) bond motifs is 1. The Balaban J connectivity index is 2.53. The van der Waals surface area contributed by atoms with Gasteiger partial charge >= 0.3 is 0 Å². The van der Waals surface area contributed by atoms with E-state index >= 15 is 0 Å². The summed E-state index contributed by atoms with van der Waals surface area (Å²) in [5.41, 5.74) is 2.17. The van der Waals surface area contributed by atoms with Gasteiger partial charge in [0.05, 0.1) is 6.54 Å². The SMILES string of the molecule is Cc1[c]cnc2c1N(C)CCO2. The molecule has 0 saturated heterocycles. The third kappa shape index (κ3) is 1.02. The summed E-state index contributed by atoms with van der Waals surface area (Å²) in [7, 11) is 2.05. The molecule has 0 unspecified atom stereocenters. The molecule has 1 aromatic rings. The molecule has 0 atom stereocenters. The molecule has 2 heterocycles. The molecule has 0 saturated carbocycles. The number of aromatic nitrogens is 1. The van der Waals surface area contributed by atoms with Crippen molar-refractivity contribution in [3.63, 3.8) is 0 Å². The zero-order chi connectivity index (χ0) is 8.55. The van der Waals surface area contributed by atoms with E-state index in [2.05, 4.69) is 16.0 Å². The van der Waals surface area contributed by atoms with Crippen molar-refractivity contribution in [1.29, 1.82) is 0 Å². The van der Waals surface area contributed by atoms with Crippen molar-refractivity contribution in [3.8, 4) is 5.88 Å². The average Bonchev–Trinajstić information content (AvgIpc) is 2.04. The molecular formula is C9H11N2O. The molecule has 3 nitrogen and oxygen atoms in total. The van der Waals surface area contributed by atoms with Crippen molar-refractivity contribution >= 4 is 5.69 Å². The van der Waals surface area contributed by atoms with Crippen molar-refractivity contribution in [2.45, 2.75) is 6.92 Å². The van der Waals surface area contributed by atoms with E-state index in [0.29, 0.717) is 0 Å². The lowest BCUT2D eigenvalue weighted by molar-refractivity contribution is 0.298. The van der Waals surface area contributed by atoms with E-state index in [1.54, 1.807) is 6.20 Å². The van der Waals surface area contributed by atoms with Crippen LogP contribution >= 0.6 is 0 Å². The number of rotatable bonds is 0. The van der Waals surface area contributed by atoms with Crippen molar-refractivity contribution in [2.24, 2.45) is 0 Å². The summed E-state index contributed by atoms with van der Waals surface area (Å²) >= 11 is 0. The highest BCUT2D eigenvalue weighted by molar-refractivity contribution is 5.60. The van der Waals surface area contributed by atoms with Gasteiger partial charge in [-0.25, -0.2) is 4.98 Å². The maximum atomic E-state index is 5.40. The van der Waals surface area contributed by atoms with Crippen molar-refractivity contribution in [3.05, 3.63) is 17.8 Å². The van der Waals surface area contributed by atoms with Crippen LogP contribution in [0.3, 0.4) is 0 Å². The van der Waals surface area contributed by atoms with Crippen LogP contribution in [0.4, 0.5) is 5.69 Å². The number of hydrogen-bond donors (Lipinski definition) is 0. The normalized spacial score (nSPS) is 15.3. The van der Waals surface area contributed by atoms with Gasteiger partial charge in [0.1, 0.15) is 12.3 Å². The second-order valence-corrected chi connectivity index (χ2v) is 2.95. The van der Waals surface area contributed by atoms with Gasteiger partial charge in [0.15, 0.2) is 0 Å². The molecule has 0 N–H and O–H groups in total. The minimum absolute atomic E-state index is 0.722. The number of nitrogens with zero attached hydrogens (tertiary/aromatic N) is 2. The van der Waals surface area contributed by atoms with Gasteiger partial charge in [0, 0.05) is 19.3 Å². The average molecular weight is 163 g/mol. The van der Waals surface area contributed by atoms with Crippen LogP contribution in [-0.4, -0.2) is 25.2 Å². The second-order valence-electron chi connectivity index (χ2n) is 2.95. The maximum absolute atomic E-state index is 5.40. The molecule has 0 fully saturated rings. The van der Waals surface area contributed by atoms with Gasteiger partial charge in [0.2, 0.25) is 5.88 Å². The molecule has 12 heavy (non-hydrogen) atoms. The third-order valence-electron chi connectivity index (χ3n) is 2.07. The Morgan fingerprint density at radius 2 is 2.50 bits per heavy atom. The van der Waals surface area contributed by atoms with Gasteiger partial charge < -0.3 is 9.64 Å². The Bertz CT molecular complexity index is 299. The smallest absolute Gasteiger partial charge is 0.237 e. The standard InChI is InChI=1S/C9H11N2O/c1-7-3-4-10-9-8(7)11(2)5-6-12-9/h4H,5-6H2,1-2H3.